The summed E-state index contributed by atoms with van der Waals surface area (Å²) in [6.45, 7) is 8.37. The smallest absolute Gasteiger partial charge is 0.494 e. The van der Waals surface area contributed by atoms with Gasteiger partial charge in [-0.25, -0.2) is 9.97 Å². The Kier molecular flexibility index (Phi) is 10.8. The fourth-order valence-electron chi connectivity index (χ4n) is 9.47. The number of aromatic amines is 2. The van der Waals surface area contributed by atoms with E-state index < -0.39 is 6.97 Å². The summed E-state index contributed by atoms with van der Waals surface area (Å²) < 4.78 is 41.6. The second-order valence-electron chi connectivity index (χ2n) is 17.2. The average molecular weight is 972 g/mol. The van der Waals surface area contributed by atoms with Crippen molar-refractivity contribution in [2.75, 3.05) is 51.3 Å². The third kappa shape index (κ3) is 7.41. The molecule has 1 amide bonds. The molecule has 0 saturated carbocycles. The lowest BCUT2D eigenvalue weighted by Crippen LogP contribution is -2.51. The van der Waals surface area contributed by atoms with E-state index in [4.69, 9.17) is 14.7 Å². The number of carbonyl (C=O) groups is 1. The Balaban J connectivity index is 0.724. The number of unbranched alkanes of at least 4 members (excludes halogenated alkanes) is 1. The van der Waals surface area contributed by atoms with Gasteiger partial charge in [0.15, 0.2) is 5.70 Å². The fourth-order valence-corrected chi connectivity index (χ4v) is 9.99. The van der Waals surface area contributed by atoms with Crippen LogP contribution in [0.3, 0.4) is 0 Å². The van der Waals surface area contributed by atoms with Crippen LogP contribution in [-0.2, 0) is 0 Å². The number of hydrogen-bond acceptors (Lipinski definition) is 6. The first-order valence-corrected chi connectivity index (χ1v) is 22.9. The van der Waals surface area contributed by atoms with Gasteiger partial charge in [-0.1, -0.05) is 12.1 Å². The Morgan fingerprint density at radius 1 is 0.812 bits per heavy atom. The summed E-state index contributed by atoms with van der Waals surface area (Å²) in [5, 5.41) is 3.01. The highest BCUT2D eigenvalue weighted by molar-refractivity contribution is 14.1. The van der Waals surface area contributed by atoms with Gasteiger partial charge in [-0.15, -0.1) is 0 Å². The lowest BCUT2D eigenvalue weighted by molar-refractivity contribution is -0.363. The van der Waals surface area contributed by atoms with E-state index in [9.17, 15) is 4.79 Å². The van der Waals surface area contributed by atoms with Crippen molar-refractivity contribution in [1.82, 2.24) is 34.6 Å². The zero-order valence-electron chi connectivity index (χ0n) is 36.5. The Morgan fingerprint density at radius 2 is 1.45 bits per heavy atom. The minimum absolute atomic E-state index is 0.182. The van der Waals surface area contributed by atoms with E-state index in [1.807, 2.05) is 62.4 Å². The highest BCUT2D eigenvalue weighted by Gasteiger charge is 2.56. The first-order chi connectivity index (χ1) is 30.8. The van der Waals surface area contributed by atoms with Gasteiger partial charge in [-0.05, 0) is 159 Å². The Morgan fingerprint density at radius 3 is 2.17 bits per heavy atom. The molecule has 4 aromatic carbocycles. The molecule has 1 saturated heterocycles. The van der Waals surface area contributed by atoms with Crippen LogP contribution in [0.2, 0.25) is 0 Å². The number of imidazole rings is 2. The molecule has 0 radical (unpaired) electrons. The van der Waals surface area contributed by atoms with Crippen molar-refractivity contribution in [3.05, 3.63) is 134 Å². The first-order valence-electron chi connectivity index (χ1n) is 21.9. The number of amides is 1. The number of aromatic nitrogens is 5. The summed E-state index contributed by atoms with van der Waals surface area (Å²) in [5.74, 6) is 2.18. The zero-order valence-corrected chi connectivity index (χ0v) is 38.7. The van der Waals surface area contributed by atoms with Crippen LogP contribution in [0.5, 0.6) is 5.75 Å². The monoisotopic (exact) mass is 971 g/mol. The summed E-state index contributed by atoms with van der Waals surface area (Å²) in [6.07, 6.45) is 1.50. The number of halogens is 3. The van der Waals surface area contributed by atoms with E-state index in [2.05, 4.69) is 85.1 Å². The SMILES string of the molecule is CC1=C(I)C(C)=[N+]2C1=C(c1ccc(C(=O)NCCCCOc3ccc(-c4nc5ccc(-c6nc7ccc(N8CCN(C)CC8)cc7[nH]6)cc5[nH]4)cc3)cc1)c1c(C)cc(C)n1[B-]2(F)F. The highest BCUT2D eigenvalue weighted by Crippen LogP contribution is 2.46. The van der Waals surface area contributed by atoms with Gasteiger partial charge in [0.05, 0.1) is 37.8 Å². The lowest BCUT2D eigenvalue weighted by atomic mass is 9.83. The quantitative estimate of drug-likeness (QED) is 0.0677. The number of piperazine rings is 1. The number of nitrogens with one attached hydrogen (secondary N) is 3. The molecule has 3 N–H and O–H groups in total. The lowest BCUT2D eigenvalue weighted by Gasteiger charge is -2.34. The predicted molar refractivity (Wildman–Crippen MR) is 261 cm³/mol. The molecule has 3 aliphatic rings. The summed E-state index contributed by atoms with van der Waals surface area (Å²) in [4.78, 5) is 34.7. The van der Waals surface area contributed by atoms with Crippen molar-refractivity contribution >= 4 is 74.5 Å². The molecular weight excluding hydrogens is 922 g/mol. The summed E-state index contributed by atoms with van der Waals surface area (Å²) in [7, 11) is 2.17. The maximum Gasteiger partial charge on any atom is 0.737 e. The van der Waals surface area contributed by atoms with Gasteiger partial charge in [0.25, 0.3) is 5.91 Å². The van der Waals surface area contributed by atoms with Crippen molar-refractivity contribution in [3.63, 3.8) is 0 Å². The van der Waals surface area contributed by atoms with E-state index >= 15 is 8.63 Å². The molecule has 0 aliphatic carbocycles. The van der Waals surface area contributed by atoms with Crippen molar-refractivity contribution in [2.45, 2.75) is 40.5 Å². The molecule has 1 fully saturated rings. The van der Waals surface area contributed by atoms with E-state index in [0.717, 1.165) is 115 Å². The number of fused-ring (bicyclic) bond motifs is 4. The summed E-state index contributed by atoms with van der Waals surface area (Å²) >= 11 is 2.17. The summed E-state index contributed by atoms with van der Waals surface area (Å²) in [5.41, 5.74) is 12.8. The molecule has 10 rings (SSSR count). The maximum atomic E-state index is 16.2. The van der Waals surface area contributed by atoms with Crippen LogP contribution in [0.1, 0.15) is 59.6 Å². The molecule has 64 heavy (non-hydrogen) atoms. The Bertz CT molecular complexity index is 3080. The summed E-state index contributed by atoms with van der Waals surface area (Å²) in [6, 6.07) is 29.6. The van der Waals surface area contributed by atoms with E-state index in [0.29, 0.717) is 41.5 Å². The highest BCUT2D eigenvalue weighted by atomic mass is 127. The Hall–Kier alpha value is -6.07. The van der Waals surface area contributed by atoms with Crippen molar-refractivity contribution in [1.29, 1.82) is 0 Å². The molecule has 11 nitrogen and oxygen atoms in total. The fraction of sp³-hybridized carbons (Fsp3) is 0.265. The molecule has 0 spiro atoms. The predicted octanol–water partition coefficient (Wildman–Crippen LogP) is 9.72. The van der Waals surface area contributed by atoms with E-state index in [-0.39, 0.29) is 5.91 Å². The van der Waals surface area contributed by atoms with E-state index in [1.165, 1.54) is 14.7 Å². The van der Waals surface area contributed by atoms with Crippen LogP contribution in [0.15, 0.2) is 106 Å². The largest absolute Gasteiger partial charge is 0.737 e. The molecule has 326 valence electrons. The van der Waals surface area contributed by atoms with Gasteiger partial charge >= 0.3 is 6.97 Å². The van der Waals surface area contributed by atoms with Gasteiger partial charge in [0.1, 0.15) is 23.1 Å². The molecule has 3 aromatic heterocycles. The number of anilines is 1. The van der Waals surface area contributed by atoms with Gasteiger partial charge in [0.2, 0.25) is 0 Å². The van der Waals surface area contributed by atoms with E-state index in [1.54, 1.807) is 26.0 Å². The zero-order chi connectivity index (χ0) is 44.4. The number of aryl methyl sites for hydroxylation is 2. The number of rotatable bonds is 11. The van der Waals surface area contributed by atoms with Crippen LogP contribution in [-0.4, -0.2) is 98.8 Å². The number of benzene rings is 4. The number of hydrogen-bond donors (Lipinski definition) is 3. The van der Waals surface area contributed by atoms with Crippen LogP contribution in [0, 0.1) is 13.8 Å². The number of ether oxygens (including phenoxy) is 1. The molecule has 0 atom stereocenters. The molecule has 3 aliphatic heterocycles. The number of carbonyl (C=O) groups excluding carboxylic acids is 1. The molecule has 6 heterocycles. The number of H-pyrrole nitrogens is 2. The van der Waals surface area contributed by atoms with Gasteiger partial charge < -0.3 is 47.4 Å². The van der Waals surface area contributed by atoms with Gasteiger partial charge in [-0.2, -0.15) is 0 Å². The first kappa shape index (κ1) is 41.9. The maximum absolute atomic E-state index is 16.2. The number of likely N-dealkylation sites (N-methyl/N-ethyl adjacent to an activating group) is 1. The normalized spacial score (nSPS) is 16.3. The van der Waals surface area contributed by atoms with Gasteiger partial charge in [-0.3, -0.25) is 4.79 Å². The molecule has 0 bridgehead atoms. The van der Waals surface area contributed by atoms with Crippen molar-refractivity contribution in [2.24, 2.45) is 0 Å². The standard InChI is InChI=1S/C49H49BF2IN9O2/c1-29-26-30(2)61-45(29)43(46-31(3)44(53)32(4)62(46)50(61,51)52)33-8-10-35(11-9-33)49(63)54-20-6-7-25-64-38-16-12-34(13-17-38)47-55-39-18-14-36(27-41(39)57-47)48-56-40-19-15-37(28-42(40)58-48)60-23-21-59(5)22-24-60/h8-19,26-28H,6-7,20-25H2,1-5H3,(H,54,63)(H,55,57)(H,56,58). The molecule has 0 unspecified atom stereocenters. The van der Waals surface area contributed by atoms with Crippen LogP contribution in [0.4, 0.5) is 14.3 Å². The molecule has 15 heteroatoms. The second kappa shape index (κ2) is 16.5. The minimum atomic E-state index is -4.07. The van der Waals surface area contributed by atoms with Crippen LogP contribution >= 0.6 is 22.6 Å². The molecule has 7 aromatic rings. The van der Waals surface area contributed by atoms with Crippen molar-refractivity contribution in [3.8, 4) is 28.5 Å². The third-order valence-electron chi connectivity index (χ3n) is 12.9. The Labute approximate surface area is 384 Å². The minimum Gasteiger partial charge on any atom is -0.494 e. The van der Waals surface area contributed by atoms with Crippen LogP contribution in [0.25, 0.3) is 50.4 Å². The number of allylic oxidation sites excluding steroid dienone is 2. The molecular formula is C49H49BF2IN9O2. The van der Waals surface area contributed by atoms with Crippen molar-refractivity contribution < 1.29 is 22.6 Å². The van der Waals surface area contributed by atoms with Crippen LogP contribution < -0.4 is 15.0 Å². The third-order valence-corrected chi connectivity index (χ3v) is 14.5. The average Bonchev–Trinajstić information content (AvgIpc) is 4.05. The van der Waals surface area contributed by atoms with Gasteiger partial charge in [0, 0.05) is 73.3 Å². The second-order valence-corrected chi connectivity index (χ2v) is 18.3. The topological polar surface area (TPSA) is 110 Å². The number of nitrogens with zero attached hydrogens (tertiary/aromatic N) is 6.